The summed E-state index contributed by atoms with van der Waals surface area (Å²) in [7, 11) is 1.38. The summed E-state index contributed by atoms with van der Waals surface area (Å²) in [6, 6.07) is 18.8. The molecular weight excluding hydrogens is 241 g/mol. The van der Waals surface area contributed by atoms with Crippen LogP contribution in [0.4, 0.5) is 0 Å². The van der Waals surface area contributed by atoms with Crippen LogP contribution in [0.25, 0.3) is 0 Å². The monoisotopic (exact) mass is 259 g/mol. The van der Waals surface area contributed by atoms with E-state index in [1.807, 2.05) is 18.2 Å². The number of nitrogens with two attached hydrogens (primary N) is 1. The van der Waals surface area contributed by atoms with Crippen molar-refractivity contribution in [3.63, 3.8) is 0 Å². The van der Waals surface area contributed by atoms with Crippen molar-refractivity contribution in [2.75, 3.05) is 13.4 Å². The zero-order chi connectivity index (χ0) is 12.8. The minimum atomic E-state index is -0.307. The third kappa shape index (κ3) is 3.32. The maximum absolute atomic E-state index is 5.91. The van der Waals surface area contributed by atoms with Gasteiger partial charge in [-0.25, -0.2) is 0 Å². The highest BCUT2D eigenvalue weighted by molar-refractivity contribution is 7.64. The zero-order valence-electron chi connectivity index (χ0n) is 10.5. The van der Waals surface area contributed by atoms with Crippen LogP contribution in [0.3, 0.4) is 0 Å². The van der Waals surface area contributed by atoms with Crippen LogP contribution in [-0.2, 0) is 6.16 Å². The molecule has 2 nitrogen and oxygen atoms in total. The van der Waals surface area contributed by atoms with Crippen LogP contribution in [0.1, 0.15) is 5.56 Å². The standard InChI is InChI=1S/C15H18NOP/c1-17-14-9-7-13(8-10-14)11-18(12-16)15-5-3-2-4-6-15/h2-10H,11-12,16H2,1H3. The highest BCUT2D eigenvalue weighted by Crippen LogP contribution is 2.36. The van der Waals surface area contributed by atoms with Gasteiger partial charge >= 0.3 is 0 Å². The lowest BCUT2D eigenvalue weighted by molar-refractivity contribution is 0.414. The fourth-order valence-corrected chi connectivity index (χ4v) is 3.62. The van der Waals surface area contributed by atoms with E-state index >= 15 is 0 Å². The molecule has 0 aliphatic carbocycles. The summed E-state index contributed by atoms with van der Waals surface area (Å²) < 4.78 is 5.17. The molecule has 0 aliphatic rings. The molecule has 0 fully saturated rings. The molecule has 3 heteroatoms. The Hall–Kier alpha value is -1.37. The summed E-state index contributed by atoms with van der Waals surface area (Å²) in [5.41, 5.74) is 7.23. The van der Waals surface area contributed by atoms with Gasteiger partial charge < -0.3 is 10.5 Å². The van der Waals surface area contributed by atoms with Crippen LogP contribution < -0.4 is 15.8 Å². The van der Waals surface area contributed by atoms with Gasteiger partial charge in [0.2, 0.25) is 0 Å². The average molecular weight is 259 g/mol. The van der Waals surface area contributed by atoms with E-state index in [2.05, 4.69) is 36.4 Å². The predicted octanol–water partition coefficient (Wildman–Crippen LogP) is 2.92. The van der Waals surface area contributed by atoms with E-state index in [0.717, 1.165) is 18.2 Å². The van der Waals surface area contributed by atoms with Crippen LogP contribution in [0.5, 0.6) is 5.75 Å². The molecule has 0 amide bonds. The van der Waals surface area contributed by atoms with Gasteiger partial charge in [0.25, 0.3) is 0 Å². The SMILES string of the molecule is COc1ccc(CP(CN)c2ccccc2)cc1. The van der Waals surface area contributed by atoms with Gasteiger partial charge in [-0.15, -0.1) is 0 Å². The largest absolute Gasteiger partial charge is 0.497 e. The summed E-state index contributed by atoms with van der Waals surface area (Å²) >= 11 is 0. The van der Waals surface area contributed by atoms with Crippen molar-refractivity contribution in [1.82, 2.24) is 0 Å². The summed E-state index contributed by atoms with van der Waals surface area (Å²) in [6.07, 6.45) is 1.76. The summed E-state index contributed by atoms with van der Waals surface area (Å²) in [6.45, 7) is 0. The van der Waals surface area contributed by atoms with Gasteiger partial charge in [-0.2, -0.15) is 0 Å². The van der Waals surface area contributed by atoms with Crippen LogP contribution >= 0.6 is 7.92 Å². The van der Waals surface area contributed by atoms with Gasteiger partial charge in [0.1, 0.15) is 5.75 Å². The van der Waals surface area contributed by atoms with E-state index in [-0.39, 0.29) is 7.92 Å². The molecule has 1 unspecified atom stereocenters. The third-order valence-electron chi connectivity index (χ3n) is 2.87. The number of hydrogen-bond donors (Lipinski definition) is 1. The van der Waals surface area contributed by atoms with E-state index in [1.165, 1.54) is 10.9 Å². The molecule has 0 saturated heterocycles. The number of rotatable bonds is 5. The Balaban J connectivity index is 2.10. The Kier molecular flexibility index (Phi) is 4.74. The Morgan fingerprint density at radius 3 is 2.22 bits per heavy atom. The first-order valence-corrected chi connectivity index (χ1v) is 7.67. The fourth-order valence-electron chi connectivity index (χ4n) is 1.85. The first-order chi connectivity index (χ1) is 8.83. The van der Waals surface area contributed by atoms with Crippen molar-refractivity contribution >= 4 is 13.2 Å². The maximum atomic E-state index is 5.91. The molecule has 0 radical (unpaired) electrons. The molecule has 2 aromatic rings. The molecule has 0 saturated carbocycles. The highest BCUT2D eigenvalue weighted by Gasteiger charge is 2.09. The lowest BCUT2D eigenvalue weighted by atomic mass is 10.2. The average Bonchev–Trinajstić information content (AvgIpc) is 2.46. The Morgan fingerprint density at radius 2 is 1.67 bits per heavy atom. The normalized spacial score (nSPS) is 12.1. The second-order valence-electron chi connectivity index (χ2n) is 4.06. The van der Waals surface area contributed by atoms with E-state index in [0.29, 0.717) is 0 Å². The number of ether oxygens (including phenoxy) is 1. The van der Waals surface area contributed by atoms with Gasteiger partial charge in [-0.05, 0) is 29.2 Å². The molecule has 2 N–H and O–H groups in total. The maximum Gasteiger partial charge on any atom is 0.118 e. The summed E-state index contributed by atoms with van der Waals surface area (Å²) in [5.74, 6) is 0.899. The Morgan fingerprint density at radius 1 is 1.00 bits per heavy atom. The van der Waals surface area contributed by atoms with Crippen LogP contribution in [0.2, 0.25) is 0 Å². The van der Waals surface area contributed by atoms with Crippen molar-refractivity contribution in [1.29, 1.82) is 0 Å². The van der Waals surface area contributed by atoms with Gasteiger partial charge in [0.15, 0.2) is 0 Å². The van der Waals surface area contributed by atoms with E-state index in [1.54, 1.807) is 7.11 Å². The van der Waals surface area contributed by atoms with Crippen molar-refractivity contribution in [2.45, 2.75) is 6.16 Å². The number of methoxy groups -OCH3 is 1. The second-order valence-corrected chi connectivity index (χ2v) is 6.34. The molecule has 2 rings (SSSR count). The predicted molar refractivity (Wildman–Crippen MR) is 78.7 cm³/mol. The minimum absolute atomic E-state index is 0.307. The summed E-state index contributed by atoms with van der Waals surface area (Å²) in [4.78, 5) is 0. The fraction of sp³-hybridized carbons (Fsp3) is 0.200. The molecular formula is C15H18NOP. The lowest BCUT2D eigenvalue weighted by Gasteiger charge is -2.16. The first kappa shape index (κ1) is 13.1. The Labute approximate surface area is 110 Å². The molecule has 0 heterocycles. The molecule has 94 valence electrons. The first-order valence-electron chi connectivity index (χ1n) is 5.96. The van der Waals surface area contributed by atoms with E-state index < -0.39 is 0 Å². The van der Waals surface area contributed by atoms with Gasteiger partial charge in [-0.1, -0.05) is 50.4 Å². The lowest BCUT2D eigenvalue weighted by Crippen LogP contribution is -2.10. The molecule has 0 aromatic heterocycles. The van der Waals surface area contributed by atoms with E-state index in [9.17, 15) is 0 Å². The van der Waals surface area contributed by atoms with Crippen molar-refractivity contribution in [2.24, 2.45) is 5.73 Å². The van der Waals surface area contributed by atoms with Crippen molar-refractivity contribution in [3.05, 3.63) is 60.2 Å². The number of hydrogen-bond acceptors (Lipinski definition) is 2. The van der Waals surface area contributed by atoms with E-state index in [4.69, 9.17) is 10.5 Å². The minimum Gasteiger partial charge on any atom is -0.497 e. The molecule has 0 spiro atoms. The second kappa shape index (κ2) is 6.53. The van der Waals surface area contributed by atoms with Gasteiger partial charge in [0.05, 0.1) is 7.11 Å². The van der Waals surface area contributed by atoms with Crippen LogP contribution in [0.15, 0.2) is 54.6 Å². The molecule has 2 aromatic carbocycles. The van der Waals surface area contributed by atoms with Gasteiger partial charge in [0, 0.05) is 6.29 Å². The zero-order valence-corrected chi connectivity index (χ0v) is 11.4. The highest BCUT2D eigenvalue weighted by atomic mass is 31.1. The molecule has 0 aliphatic heterocycles. The van der Waals surface area contributed by atoms with Crippen LogP contribution in [-0.4, -0.2) is 13.4 Å². The molecule has 0 bridgehead atoms. The van der Waals surface area contributed by atoms with Crippen molar-refractivity contribution < 1.29 is 4.74 Å². The molecule has 1 atom stereocenters. The third-order valence-corrected chi connectivity index (χ3v) is 5.09. The number of benzene rings is 2. The topological polar surface area (TPSA) is 35.2 Å². The Bertz CT molecular complexity index is 470. The van der Waals surface area contributed by atoms with Crippen LogP contribution in [0, 0.1) is 0 Å². The molecule has 18 heavy (non-hydrogen) atoms. The quantitative estimate of drug-likeness (QED) is 0.838. The summed E-state index contributed by atoms with van der Waals surface area (Å²) in [5, 5.41) is 1.37. The smallest absolute Gasteiger partial charge is 0.118 e. The van der Waals surface area contributed by atoms with Crippen molar-refractivity contribution in [3.8, 4) is 5.75 Å². The van der Waals surface area contributed by atoms with Gasteiger partial charge in [-0.3, -0.25) is 0 Å².